The predicted octanol–water partition coefficient (Wildman–Crippen LogP) is 0.0684. The average molecular weight is 305 g/mol. The van der Waals surface area contributed by atoms with Crippen molar-refractivity contribution in [1.29, 1.82) is 0 Å². The summed E-state index contributed by atoms with van der Waals surface area (Å²) < 4.78 is 11.2. The number of H-pyrrole nitrogens is 1. The third kappa shape index (κ3) is 3.22. The van der Waals surface area contributed by atoms with Crippen LogP contribution in [0.3, 0.4) is 0 Å². The van der Waals surface area contributed by atoms with Crippen LogP contribution in [-0.2, 0) is 11.8 Å². The summed E-state index contributed by atoms with van der Waals surface area (Å²) in [6, 6.07) is 7.15. The van der Waals surface area contributed by atoms with E-state index in [1.165, 1.54) is 17.9 Å². The zero-order valence-electron chi connectivity index (χ0n) is 12.6. The van der Waals surface area contributed by atoms with Gasteiger partial charge in [-0.1, -0.05) is 10.3 Å². The summed E-state index contributed by atoms with van der Waals surface area (Å²) in [5.74, 6) is 0.0369. The predicted molar refractivity (Wildman–Crippen MR) is 78.2 cm³/mol. The van der Waals surface area contributed by atoms with E-state index in [0.29, 0.717) is 0 Å². The second kappa shape index (κ2) is 6.70. The van der Waals surface area contributed by atoms with Gasteiger partial charge >= 0.3 is 17.2 Å². The molecule has 0 saturated carbocycles. The van der Waals surface area contributed by atoms with Crippen LogP contribution in [0.15, 0.2) is 34.2 Å². The van der Waals surface area contributed by atoms with E-state index in [0.717, 1.165) is 16.1 Å². The molecule has 0 radical (unpaired) electrons. The maximum Gasteiger partial charge on any atom is 0.434 e. The van der Waals surface area contributed by atoms with Gasteiger partial charge in [-0.2, -0.15) is 0 Å². The Balaban J connectivity index is 2.26. The van der Waals surface area contributed by atoms with Gasteiger partial charge in [-0.05, 0) is 36.8 Å². The van der Waals surface area contributed by atoms with Crippen molar-refractivity contribution in [2.45, 2.75) is 6.92 Å². The van der Waals surface area contributed by atoms with Crippen molar-refractivity contribution in [3.8, 4) is 5.75 Å². The van der Waals surface area contributed by atoms with Gasteiger partial charge in [0.2, 0.25) is 0 Å². The minimum atomic E-state index is -0.690. The van der Waals surface area contributed by atoms with Crippen molar-refractivity contribution in [1.82, 2.24) is 10.0 Å². The molecule has 0 aliphatic carbocycles. The zero-order valence-corrected chi connectivity index (χ0v) is 12.6. The van der Waals surface area contributed by atoms with Gasteiger partial charge in [0, 0.05) is 4.79 Å². The van der Waals surface area contributed by atoms with Crippen LogP contribution in [0.2, 0.25) is 0 Å². The second-order valence-electron chi connectivity index (χ2n) is 4.36. The Kier molecular flexibility index (Phi) is 4.72. The molecule has 2 aromatic rings. The van der Waals surface area contributed by atoms with E-state index in [2.05, 4.69) is 10.3 Å². The molecule has 8 heteroatoms. The number of aromatic nitrogens is 3. The lowest BCUT2D eigenvalue weighted by molar-refractivity contribution is -0.734. The van der Waals surface area contributed by atoms with Gasteiger partial charge in [0.1, 0.15) is 12.8 Å². The Bertz CT molecular complexity index is 743. The van der Waals surface area contributed by atoms with Gasteiger partial charge in [0.25, 0.3) is 0 Å². The van der Waals surface area contributed by atoms with Gasteiger partial charge in [0.15, 0.2) is 0 Å². The Labute approximate surface area is 126 Å². The summed E-state index contributed by atoms with van der Waals surface area (Å²) in [6.07, 6.45) is 1.49. The molecule has 0 aliphatic heterocycles. The molecule has 2 rings (SSSR count). The molecule has 0 bridgehead atoms. The van der Waals surface area contributed by atoms with Gasteiger partial charge in [-0.15, -0.1) is 4.68 Å². The van der Waals surface area contributed by atoms with Crippen LogP contribution >= 0.6 is 0 Å². The number of nitrogens with one attached hydrogen (secondary N) is 1. The first-order chi connectivity index (χ1) is 10.6. The number of aromatic amines is 1. The smallest absolute Gasteiger partial charge is 0.434 e. The number of methoxy groups -OCH3 is 1. The molecule has 0 spiro atoms. The first-order valence-corrected chi connectivity index (χ1v) is 6.63. The third-order valence-electron chi connectivity index (χ3n) is 2.88. The normalized spacial score (nSPS) is 10.9. The van der Waals surface area contributed by atoms with Crippen molar-refractivity contribution in [2.24, 2.45) is 12.1 Å². The molecule has 116 valence electrons. The van der Waals surface area contributed by atoms with Crippen LogP contribution in [0.5, 0.6) is 5.75 Å². The van der Waals surface area contributed by atoms with Gasteiger partial charge in [0.05, 0.1) is 19.9 Å². The van der Waals surface area contributed by atoms with Crippen molar-refractivity contribution < 1.29 is 19.0 Å². The minimum Gasteiger partial charge on any atom is -0.497 e. The standard InChI is InChI=1S/C14H16N4O4/c1-4-22-14(20)12-13(19)18(16-17(12)2)15-9-10-5-7-11(21-3)8-6-10/h5-9H,4H2,1-3H3/p+1. The van der Waals surface area contributed by atoms with Crippen molar-refractivity contribution >= 4 is 12.2 Å². The number of nitrogens with zero attached hydrogens (tertiary/aromatic N) is 3. The van der Waals surface area contributed by atoms with Crippen LogP contribution < -0.4 is 15.0 Å². The molecule has 22 heavy (non-hydrogen) atoms. The van der Waals surface area contributed by atoms with Crippen LogP contribution in [0.25, 0.3) is 0 Å². The van der Waals surface area contributed by atoms with Gasteiger partial charge in [-0.25, -0.2) is 9.59 Å². The van der Waals surface area contributed by atoms with Crippen molar-refractivity contribution in [3.63, 3.8) is 0 Å². The van der Waals surface area contributed by atoms with Crippen molar-refractivity contribution in [3.05, 3.63) is 45.9 Å². The lowest BCUT2D eigenvalue weighted by Crippen LogP contribution is -2.39. The number of esters is 1. The number of hydrogen-bond acceptors (Lipinski definition) is 5. The van der Waals surface area contributed by atoms with Crippen molar-refractivity contribution in [2.75, 3.05) is 13.7 Å². The SMILES string of the molecule is CCOC(=O)c1c(=O)n(N=Cc2ccc(OC)cc2)[nH][n+]1C. The minimum absolute atomic E-state index is 0.117. The second-order valence-corrected chi connectivity index (χ2v) is 4.36. The molecule has 1 N–H and O–H groups in total. The molecule has 1 heterocycles. The van der Waals surface area contributed by atoms with Gasteiger partial charge in [-0.3, -0.25) is 0 Å². The molecule has 0 fully saturated rings. The molecule has 1 aromatic heterocycles. The summed E-state index contributed by atoms with van der Waals surface area (Å²) in [6.45, 7) is 1.86. The fourth-order valence-corrected chi connectivity index (χ4v) is 1.80. The van der Waals surface area contributed by atoms with E-state index in [9.17, 15) is 9.59 Å². The highest BCUT2D eigenvalue weighted by Crippen LogP contribution is 2.09. The fourth-order valence-electron chi connectivity index (χ4n) is 1.80. The zero-order chi connectivity index (χ0) is 16.1. The summed E-state index contributed by atoms with van der Waals surface area (Å²) in [5, 5.41) is 6.65. The molecule has 1 aromatic carbocycles. The molecule has 0 atom stereocenters. The van der Waals surface area contributed by atoms with E-state index in [1.807, 2.05) is 0 Å². The summed E-state index contributed by atoms with van der Waals surface area (Å²) in [7, 11) is 3.12. The molecule has 0 amide bonds. The van der Waals surface area contributed by atoms with Crippen LogP contribution in [-0.4, -0.2) is 35.9 Å². The summed E-state index contributed by atoms with van der Waals surface area (Å²) in [4.78, 5) is 24.8. The first-order valence-electron chi connectivity index (χ1n) is 6.63. The molecule has 0 unspecified atom stereocenters. The quantitative estimate of drug-likeness (QED) is 0.481. The number of ether oxygens (including phenoxy) is 2. The van der Waals surface area contributed by atoms with Crippen LogP contribution in [0.1, 0.15) is 23.0 Å². The van der Waals surface area contributed by atoms with Gasteiger partial charge < -0.3 is 9.47 Å². The number of carbonyl (C=O) groups excluding carboxylic acids is 1. The Morgan fingerprint density at radius 1 is 1.41 bits per heavy atom. The van der Waals surface area contributed by atoms with Crippen LogP contribution in [0.4, 0.5) is 0 Å². The average Bonchev–Trinajstić information content (AvgIpc) is 2.80. The highest BCUT2D eigenvalue weighted by Gasteiger charge is 2.27. The van der Waals surface area contributed by atoms with E-state index in [1.54, 1.807) is 38.3 Å². The van der Waals surface area contributed by atoms with E-state index >= 15 is 0 Å². The summed E-state index contributed by atoms with van der Waals surface area (Å²) in [5.41, 5.74) is 0.0853. The highest BCUT2D eigenvalue weighted by molar-refractivity contribution is 5.85. The topological polar surface area (TPSA) is 89.6 Å². The number of carbonyl (C=O) groups is 1. The first kappa shape index (κ1) is 15.5. The van der Waals surface area contributed by atoms with E-state index in [4.69, 9.17) is 9.47 Å². The molecule has 0 saturated heterocycles. The number of rotatable bonds is 5. The number of hydrogen-bond donors (Lipinski definition) is 1. The Morgan fingerprint density at radius 2 is 2.09 bits per heavy atom. The van der Waals surface area contributed by atoms with E-state index < -0.39 is 11.5 Å². The Hall–Kier alpha value is -2.90. The largest absolute Gasteiger partial charge is 0.497 e. The molecular weight excluding hydrogens is 288 g/mol. The number of benzene rings is 1. The Morgan fingerprint density at radius 3 is 2.68 bits per heavy atom. The highest BCUT2D eigenvalue weighted by atomic mass is 16.5. The maximum atomic E-state index is 12.1. The monoisotopic (exact) mass is 305 g/mol. The molecule has 0 aliphatic rings. The van der Waals surface area contributed by atoms with Crippen LogP contribution in [0, 0.1) is 0 Å². The molecular formula is C14H17N4O4+. The lowest BCUT2D eigenvalue weighted by Gasteiger charge is -1.97. The third-order valence-corrected chi connectivity index (χ3v) is 2.88. The fraction of sp³-hybridized carbons (Fsp3) is 0.286. The molecule has 8 nitrogen and oxygen atoms in total. The van der Waals surface area contributed by atoms with E-state index in [-0.39, 0.29) is 12.3 Å². The number of aryl methyl sites for hydroxylation is 1. The lowest BCUT2D eigenvalue weighted by atomic mass is 10.2. The maximum absolute atomic E-state index is 12.1. The summed E-state index contributed by atoms with van der Waals surface area (Å²) >= 11 is 0.